The third-order valence-corrected chi connectivity index (χ3v) is 3.23. The van der Waals surface area contributed by atoms with Gasteiger partial charge in [0, 0.05) is 23.4 Å². The summed E-state index contributed by atoms with van der Waals surface area (Å²) in [7, 11) is 0. The van der Waals surface area contributed by atoms with Crippen molar-refractivity contribution < 1.29 is 14.7 Å². The van der Waals surface area contributed by atoms with Crippen molar-refractivity contribution in [1.82, 2.24) is 0 Å². The molecule has 1 atom stereocenters. The Hall–Kier alpha value is -2.62. The first-order valence-electron chi connectivity index (χ1n) is 6.75. The van der Waals surface area contributed by atoms with E-state index in [0.717, 1.165) is 0 Å². The number of rotatable bonds is 6. The fourth-order valence-corrected chi connectivity index (χ4v) is 1.93. The highest BCUT2D eigenvalue weighted by Crippen LogP contribution is 2.19. The van der Waals surface area contributed by atoms with Gasteiger partial charge in [-0.2, -0.15) is 0 Å². The van der Waals surface area contributed by atoms with Crippen LogP contribution in [-0.4, -0.2) is 23.4 Å². The lowest BCUT2D eigenvalue weighted by atomic mass is 10.0. The van der Waals surface area contributed by atoms with E-state index in [1.54, 1.807) is 37.3 Å². The number of ketones is 1. The second-order valence-electron chi connectivity index (χ2n) is 4.86. The van der Waals surface area contributed by atoms with Crippen molar-refractivity contribution in [2.45, 2.75) is 6.92 Å². The fourth-order valence-electron chi connectivity index (χ4n) is 1.93. The molecule has 0 radical (unpaired) electrons. The van der Waals surface area contributed by atoms with E-state index < -0.39 is 11.9 Å². The Morgan fingerprint density at radius 2 is 1.67 bits per heavy atom. The molecule has 0 spiro atoms. The third-order valence-electron chi connectivity index (χ3n) is 3.23. The van der Waals surface area contributed by atoms with Crippen LogP contribution in [-0.2, 0) is 4.79 Å². The topological polar surface area (TPSA) is 66.4 Å². The van der Waals surface area contributed by atoms with Gasteiger partial charge in [-0.3, -0.25) is 9.59 Å². The van der Waals surface area contributed by atoms with Gasteiger partial charge in [0.15, 0.2) is 5.78 Å². The van der Waals surface area contributed by atoms with Crippen molar-refractivity contribution in [1.29, 1.82) is 0 Å². The number of carboxylic acids is 1. The molecular weight excluding hydrogens is 266 g/mol. The summed E-state index contributed by atoms with van der Waals surface area (Å²) < 4.78 is 0. The van der Waals surface area contributed by atoms with E-state index >= 15 is 0 Å². The van der Waals surface area contributed by atoms with Crippen LogP contribution >= 0.6 is 0 Å². The Bertz CT molecular complexity index is 637. The van der Waals surface area contributed by atoms with Gasteiger partial charge in [0.2, 0.25) is 0 Å². The molecule has 2 N–H and O–H groups in total. The monoisotopic (exact) mass is 283 g/mol. The molecule has 4 heteroatoms. The molecule has 0 heterocycles. The largest absolute Gasteiger partial charge is 0.481 e. The van der Waals surface area contributed by atoms with E-state index in [9.17, 15) is 9.59 Å². The predicted molar refractivity (Wildman–Crippen MR) is 81.6 cm³/mol. The summed E-state index contributed by atoms with van der Waals surface area (Å²) in [5.41, 5.74) is 1.80. The van der Waals surface area contributed by atoms with Crippen LogP contribution in [0.25, 0.3) is 0 Å². The SMILES string of the molecule is CC(CNc1ccccc1C(=O)c1ccccc1)C(=O)O. The van der Waals surface area contributed by atoms with Gasteiger partial charge in [0.1, 0.15) is 0 Å². The number of hydrogen-bond acceptors (Lipinski definition) is 3. The van der Waals surface area contributed by atoms with Crippen LogP contribution < -0.4 is 5.32 Å². The molecule has 0 fully saturated rings. The van der Waals surface area contributed by atoms with Crippen LogP contribution in [0.3, 0.4) is 0 Å². The molecule has 0 saturated heterocycles. The Morgan fingerprint density at radius 1 is 1.05 bits per heavy atom. The van der Waals surface area contributed by atoms with E-state index in [1.807, 2.05) is 24.3 Å². The molecule has 0 aromatic heterocycles. The van der Waals surface area contributed by atoms with Crippen LogP contribution in [0.2, 0.25) is 0 Å². The molecule has 21 heavy (non-hydrogen) atoms. The maximum absolute atomic E-state index is 12.5. The van der Waals surface area contributed by atoms with Crippen molar-refractivity contribution in [3.8, 4) is 0 Å². The van der Waals surface area contributed by atoms with Crippen molar-refractivity contribution in [3.05, 3.63) is 65.7 Å². The number of nitrogens with one attached hydrogen (secondary N) is 1. The van der Waals surface area contributed by atoms with E-state index in [1.165, 1.54) is 0 Å². The maximum Gasteiger partial charge on any atom is 0.308 e. The molecule has 1 unspecified atom stereocenters. The highest BCUT2D eigenvalue weighted by molar-refractivity contribution is 6.12. The predicted octanol–water partition coefficient (Wildman–Crippen LogP) is 3.05. The van der Waals surface area contributed by atoms with Crippen molar-refractivity contribution in [3.63, 3.8) is 0 Å². The van der Waals surface area contributed by atoms with E-state index in [-0.39, 0.29) is 12.3 Å². The van der Waals surface area contributed by atoms with Crippen LogP contribution in [0.4, 0.5) is 5.69 Å². The first-order chi connectivity index (χ1) is 10.1. The molecule has 2 aromatic carbocycles. The molecule has 0 aliphatic carbocycles. The molecule has 2 aromatic rings. The first kappa shape index (κ1) is 14.8. The zero-order valence-corrected chi connectivity index (χ0v) is 11.7. The van der Waals surface area contributed by atoms with Crippen molar-refractivity contribution in [2.75, 3.05) is 11.9 Å². The van der Waals surface area contributed by atoms with Gasteiger partial charge in [-0.25, -0.2) is 0 Å². The average molecular weight is 283 g/mol. The Morgan fingerprint density at radius 3 is 2.33 bits per heavy atom. The van der Waals surface area contributed by atoms with Gasteiger partial charge in [0.25, 0.3) is 0 Å². The lowest BCUT2D eigenvalue weighted by Crippen LogP contribution is -2.20. The summed E-state index contributed by atoms with van der Waals surface area (Å²) in [5, 5.41) is 12.0. The Kier molecular flexibility index (Phi) is 4.72. The number of para-hydroxylation sites is 1. The molecule has 0 saturated carbocycles. The van der Waals surface area contributed by atoms with Crippen LogP contribution in [0.15, 0.2) is 54.6 Å². The van der Waals surface area contributed by atoms with Crippen molar-refractivity contribution in [2.24, 2.45) is 5.92 Å². The van der Waals surface area contributed by atoms with Gasteiger partial charge in [-0.05, 0) is 12.1 Å². The summed E-state index contributed by atoms with van der Waals surface area (Å²) in [6, 6.07) is 16.1. The second kappa shape index (κ2) is 6.70. The quantitative estimate of drug-likeness (QED) is 0.800. The summed E-state index contributed by atoms with van der Waals surface area (Å²) in [6.07, 6.45) is 0. The van der Waals surface area contributed by atoms with E-state index in [0.29, 0.717) is 16.8 Å². The number of carboxylic acid groups (broad SMARTS) is 1. The average Bonchev–Trinajstić information content (AvgIpc) is 2.53. The Labute approximate surface area is 123 Å². The molecule has 0 aliphatic heterocycles. The fraction of sp³-hybridized carbons (Fsp3) is 0.176. The molecule has 4 nitrogen and oxygen atoms in total. The minimum Gasteiger partial charge on any atom is -0.481 e. The van der Waals surface area contributed by atoms with E-state index in [4.69, 9.17) is 5.11 Å². The minimum absolute atomic E-state index is 0.0818. The molecule has 0 amide bonds. The lowest BCUT2D eigenvalue weighted by molar-refractivity contribution is -0.140. The molecular formula is C17H17NO3. The van der Waals surface area contributed by atoms with Gasteiger partial charge >= 0.3 is 5.97 Å². The number of anilines is 1. The van der Waals surface area contributed by atoms with E-state index in [2.05, 4.69) is 5.32 Å². The van der Waals surface area contributed by atoms with Gasteiger partial charge < -0.3 is 10.4 Å². The Balaban J connectivity index is 2.21. The summed E-state index contributed by atoms with van der Waals surface area (Å²) in [6.45, 7) is 1.89. The highest BCUT2D eigenvalue weighted by Gasteiger charge is 2.15. The number of carbonyl (C=O) groups is 2. The zero-order chi connectivity index (χ0) is 15.2. The van der Waals surface area contributed by atoms with Gasteiger partial charge in [-0.15, -0.1) is 0 Å². The zero-order valence-electron chi connectivity index (χ0n) is 11.7. The molecule has 0 aliphatic rings. The van der Waals surface area contributed by atoms with Crippen molar-refractivity contribution >= 4 is 17.4 Å². The van der Waals surface area contributed by atoms with Crippen LogP contribution in [0.5, 0.6) is 0 Å². The normalized spacial score (nSPS) is 11.7. The number of hydrogen-bond donors (Lipinski definition) is 2. The summed E-state index contributed by atoms with van der Waals surface area (Å²) >= 11 is 0. The smallest absolute Gasteiger partial charge is 0.308 e. The lowest BCUT2D eigenvalue weighted by Gasteiger charge is -2.13. The molecule has 2 rings (SSSR count). The number of aliphatic carboxylic acids is 1. The van der Waals surface area contributed by atoms with Gasteiger partial charge in [-0.1, -0.05) is 49.4 Å². The first-order valence-corrected chi connectivity index (χ1v) is 6.75. The highest BCUT2D eigenvalue weighted by atomic mass is 16.4. The minimum atomic E-state index is -0.866. The molecule has 0 bridgehead atoms. The number of benzene rings is 2. The number of carbonyl (C=O) groups excluding carboxylic acids is 1. The van der Waals surface area contributed by atoms with Gasteiger partial charge in [0.05, 0.1) is 5.92 Å². The summed E-state index contributed by atoms with van der Waals surface area (Å²) in [4.78, 5) is 23.3. The third kappa shape index (κ3) is 3.69. The second-order valence-corrected chi connectivity index (χ2v) is 4.86. The maximum atomic E-state index is 12.5. The summed E-state index contributed by atoms with van der Waals surface area (Å²) in [5.74, 6) is -1.47. The molecule has 108 valence electrons. The van der Waals surface area contributed by atoms with Crippen LogP contribution in [0, 0.1) is 5.92 Å². The standard InChI is InChI=1S/C17H17NO3/c1-12(17(20)21)11-18-15-10-6-5-9-14(15)16(19)13-7-3-2-4-8-13/h2-10,12,18H,11H2,1H3,(H,20,21). The van der Waals surface area contributed by atoms with Crippen LogP contribution in [0.1, 0.15) is 22.8 Å².